The van der Waals surface area contributed by atoms with Crippen LogP contribution in [-0.2, 0) is 11.3 Å². The Kier molecular flexibility index (Phi) is 4.81. The molecule has 1 amide bonds. The number of hydrogen-bond acceptors (Lipinski definition) is 3. The first-order chi connectivity index (χ1) is 8.75. The van der Waals surface area contributed by atoms with Crippen LogP contribution < -0.4 is 5.32 Å². The summed E-state index contributed by atoms with van der Waals surface area (Å²) in [6.07, 6.45) is 5.72. The Morgan fingerprint density at radius 1 is 1.50 bits per heavy atom. The smallest absolute Gasteiger partial charge is 0.222 e. The van der Waals surface area contributed by atoms with Gasteiger partial charge in [0.2, 0.25) is 5.91 Å². The highest BCUT2D eigenvalue weighted by atomic mass is 16.3. The Balaban J connectivity index is 1.70. The second-order valence-corrected chi connectivity index (χ2v) is 5.06. The maximum absolute atomic E-state index is 12.0. The second kappa shape index (κ2) is 6.59. The minimum atomic E-state index is 0.213. The molecule has 0 radical (unpaired) electrons. The standard InChI is InChI=1S/C14H22N2O2/c1-16(11-13-3-2-10-18-13)14(17)5-4-12-6-8-15-9-7-12/h2-3,10,12,15H,4-9,11H2,1H3. The van der Waals surface area contributed by atoms with E-state index in [9.17, 15) is 4.79 Å². The molecule has 0 saturated carbocycles. The van der Waals surface area contributed by atoms with Crippen molar-refractivity contribution >= 4 is 5.91 Å². The molecule has 1 saturated heterocycles. The molecule has 0 unspecified atom stereocenters. The van der Waals surface area contributed by atoms with E-state index in [2.05, 4.69) is 5.32 Å². The third-order valence-corrected chi connectivity index (χ3v) is 3.62. The van der Waals surface area contributed by atoms with Crippen LogP contribution in [0.2, 0.25) is 0 Å². The fourth-order valence-electron chi connectivity index (χ4n) is 2.41. The molecule has 4 nitrogen and oxygen atoms in total. The van der Waals surface area contributed by atoms with E-state index in [1.54, 1.807) is 11.2 Å². The van der Waals surface area contributed by atoms with Crippen LogP contribution in [0.4, 0.5) is 0 Å². The normalized spacial score (nSPS) is 16.7. The first kappa shape index (κ1) is 13.1. The van der Waals surface area contributed by atoms with Gasteiger partial charge in [-0.3, -0.25) is 4.79 Å². The van der Waals surface area contributed by atoms with Gasteiger partial charge in [-0.1, -0.05) is 0 Å². The Bertz CT molecular complexity index is 356. The van der Waals surface area contributed by atoms with Crippen molar-refractivity contribution in [1.29, 1.82) is 0 Å². The monoisotopic (exact) mass is 250 g/mol. The number of nitrogens with zero attached hydrogens (tertiary/aromatic N) is 1. The highest BCUT2D eigenvalue weighted by Gasteiger charge is 2.16. The maximum atomic E-state index is 12.0. The van der Waals surface area contributed by atoms with Gasteiger partial charge in [-0.25, -0.2) is 0 Å². The van der Waals surface area contributed by atoms with Gasteiger partial charge in [0.25, 0.3) is 0 Å². The van der Waals surface area contributed by atoms with Crippen LogP contribution in [0.25, 0.3) is 0 Å². The van der Waals surface area contributed by atoms with Gasteiger partial charge in [-0.15, -0.1) is 0 Å². The summed E-state index contributed by atoms with van der Waals surface area (Å²) in [6, 6.07) is 3.75. The summed E-state index contributed by atoms with van der Waals surface area (Å²) in [5, 5.41) is 3.35. The van der Waals surface area contributed by atoms with Crippen molar-refractivity contribution in [1.82, 2.24) is 10.2 Å². The summed E-state index contributed by atoms with van der Waals surface area (Å²) in [7, 11) is 1.84. The largest absolute Gasteiger partial charge is 0.467 e. The van der Waals surface area contributed by atoms with Crippen molar-refractivity contribution in [2.24, 2.45) is 5.92 Å². The molecule has 0 aromatic carbocycles. The van der Waals surface area contributed by atoms with Crippen molar-refractivity contribution in [3.05, 3.63) is 24.2 Å². The molecule has 1 N–H and O–H groups in total. The lowest BCUT2D eigenvalue weighted by atomic mass is 9.93. The Hall–Kier alpha value is -1.29. The van der Waals surface area contributed by atoms with Gasteiger partial charge in [-0.2, -0.15) is 0 Å². The lowest BCUT2D eigenvalue weighted by molar-refractivity contribution is -0.131. The fourth-order valence-corrected chi connectivity index (χ4v) is 2.41. The minimum Gasteiger partial charge on any atom is -0.467 e. The van der Waals surface area contributed by atoms with Gasteiger partial charge in [0.05, 0.1) is 12.8 Å². The van der Waals surface area contributed by atoms with Crippen LogP contribution in [0.1, 0.15) is 31.4 Å². The van der Waals surface area contributed by atoms with E-state index in [4.69, 9.17) is 4.42 Å². The van der Waals surface area contributed by atoms with E-state index in [1.807, 2.05) is 19.2 Å². The van der Waals surface area contributed by atoms with Crippen molar-refractivity contribution in [2.45, 2.75) is 32.2 Å². The Labute approximate surface area is 108 Å². The summed E-state index contributed by atoms with van der Waals surface area (Å²) in [4.78, 5) is 13.7. The molecule has 0 aliphatic carbocycles. The zero-order chi connectivity index (χ0) is 12.8. The summed E-state index contributed by atoms with van der Waals surface area (Å²) < 4.78 is 5.25. The van der Waals surface area contributed by atoms with E-state index in [0.717, 1.165) is 25.3 Å². The predicted octanol–water partition coefficient (Wildman–Crippen LogP) is 2.02. The lowest BCUT2D eigenvalue weighted by Crippen LogP contribution is -2.30. The van der Waals surface area contributed by atoms with Crippen LogP contribution >= 0.6 is 0 Å². The van der Waals surface area contributed by atoms with Crippen LogP contribution in [-0.4, -0.2) is 30.9 Å². The maximum Gasteiger partial charge on any atom is 0.222 e. The fraction of sp³-hybridized carbons (Fsp3) is 0.643. The molecule has 1 aliphatic rings. The molecule has 1 aromatic rings. The summed E-state index contributed by atoms with van der Waals surface area (Å²) in [5.74, 6) is 1.77. The molecule has 4 heteroatoms. The Morgan fingerprint density at radius 3 is 2.94 bits per heavy atom. The van der Waals surface area contributed by atoms with Crippen LogP contribution in [0.15, 0.2) is 22.8 Å². The van der Waals surface area contributed by atoms with Crippen LogP contribution in [0.3, 0.4) is 0 Å². The van der Waals surface area contributed by atoms with Gasteiger partial charge >= 0.3 is 0 Å². The van der Waals surface area contributed by atoms with E-state index >= 15 is 0 Å². The second-order valence-electron chi connectivity index (χ2n) is 5.06. The number of piperidine rings is 1. The van der Waals surface area contributed by atoms with E-state index in [0.29, 0.717) is 18.9 Å². The van der Waals surface area contributed by atoms with Crippen molar-refractivity contribution in [2.75, 3.05) is 20.1 Å². The highest BCUT2D eigenvalue weighted by Crippen LogP contribution is 2.18. The molecular weight excluding hydrogens is 228 g/mol. The number of nitrogens with one attached hydrogen (secondary N) is 1. The van der Waals surface area contributed by atoms with E-state index in [1.165, 1.54) is 12.8 Å². The van der Waals surface area contributed by atoms with Crippen LogP contribution in [0, 0.1) is 5.92 Å². The molecule has 1 fully saturated rings. The number of rotatable bonds is 5. The summed E-state index contributed by atoms with van der Waals surface area (Å²) >= 11 is 0. The zero-order valence-electron chi connectivity index (χ0n) is 11.0. The molecule has 18 heavy (non-hydrogen) atoms. The lowest BCUT2D eigenvalue weighted by Gasteiger charge is -2.23. The van der Waals surface area contributed by atoms with Crippen molar-refractivity contribution in [3.63, 3.8) is 0 Å². The SMILES string of the molecule is CN(Cc1ccco1)C(=O)CCC1CCNCC1. The molecule has 2 rings (SSSR count). The number of carbonyl (C=O) groups excluding carboxylic acids is 1. The minimum absolute atomic E-state index is 0.213. The van der Waals surface area contributed by atoms with Crippen LogP contribution in [0.5, 0.6) is 0 Å². The molecular formula is C14H22N2O2. The topological polar surface area (TPSA) is 45.5 Å². The number of carbonyl (C=O) groups is 1. The highest BCUT2D eigenvalue weighted by molar-refractivity contribution is 5.75. The zero-order valence-corrected chi connectivity index (χ0v) is 11.0. The quantitative estimate of drug-likeness (QED) is 0.869. The number of hydrogen-bond donors (Lipinski definition) is 1. The number of furan rings is 1. The van der Waals surface area contributed by atoms with E-state index < -0.39 is 0 Å². The predicted molar refractivity (Wildman–Crippen MR) is 70.0 cm³/mol. The van der Waals surface area contributed by atoms with Gasteiger partial charge in [-0.05, 0) is 50.4 Å². The van der Waals surface area contributed by atoms with E-state index in [-0.39, 0.29) is 5.91 Å². The molecule has 1 aliphatic heterocycles. The summed E-state index contributed by atoms with van der Waals surface area (Å²) in [6.45, 7) is 2.76. The van der Waals surface area contributed by atoms with Gasteiger partial charge in [0, 0.05) is 13.5 Å². The molecule has 2 heterocycles. The summed E-state index contributed by atoms with van der Waals surface area (Å²) in [5.41, 5.74) is 0. The first-order valence-corrected chi connectivity index (χ1v) is 6.73. The third-order valence-electron chi connectivity index (χ3n) is 3.62. The molecule has 0 atom stereocenters. The number of amides is 1. The van der Waals surface area contributed by atoms with Gasteiger partial charge in [0.1, 0.15) is 5.76 Å². The van der Waals surface area contributed by atoms with Gasteiger partial charge in [0.15, 0.2) is 0 Å². The van der Waals surface area contributed by atoms with Crippen molar-refractivity contribution < 1.29 is 9.21 Å². The van der Waals surface area contributed by atoms with Gasteiger partial charge < -0.3 is 14.6 Å². The molecule has 1 aromatic heterocycles. The molecule has 100 valence electrons. The van der Waals surface area contributed by atoms with Crippen molar-refractivity contribution in [3.8, 4) is 0 Å². The molecule has 0 bridgehead atoms. The Morgan fingerprint density at radius 2 is 2.28 bits per heavy atom. The molecule has 0 spiro atoms. The average Bonchev–Trinajstić information content (AvgIpc) is 2.90. The average molecular weight is 250 g/mol. The first-order valence-electron chi connectivity index (χ1n) is 6.73. The third kappa shape index (κ3) is 3.88.